The molecule has 2 atom stereocenters. The summed E-state index contributed by atoms with van der Waals surface area (Å²) in [6, 6.07) is 14.7. The van der Waals surface area contributed by atoms with Gasteiger partial charge in [0.05, 0.1) is 5.75 Å². The number of benzene rings is 2. The Labute approximate surface area is 204 Å². The van der Waals surface area contributed by atoms with Crippen molar-refractivity contribution in [3.8, 4) is 11.1 Å². The standard InChI is InChI=1S/C25H30N2O7S/c1-16(23(28)27-22(24(29)30)12-14-35(2,32)33)11-13-26-25(31)34-15-21-19-9-5-3-7-17(19)18-8-4-6-10-20(18)21/h3-10,16,21-22H,11-15H2,1-2H3,(H,26,31)(H,27,28)(H,29,30). The summed E-state index contributed by atoms with van der Waals surface area (Å²) in [7, 11) is -3.35. The average molecular weight is 503 g/mol. The zero-order valence-electron chi connectivity index (χ0n) is 19.7. The third-order valence-electron chi connectivity index (χ3n) is 6.03. The molecule has 0 aliphatic heterocycles. The van der Waals surface area contributed by atoms with Crippen molar-refractivity contribution >= 4 is 27.8 Å². The van der Waals surface area contributed by atoms with Gasteiger partial charge in [-0.05, 0) is 35.1 Å². The van der Waals surface area contributed by atoms with Gasteiger partial charge in [0.2, 0.25) is 5.91 Å². The van der Waals surface area contributed by atoms with Gasteiger partial charge in [-0.25, -0.2) is 18.0 Å². The van der Waals surface area contributed by atoms with Crippen molar-refractivity contribution in [3.05, 3.63) is 59.7 Å². The maximum Gasteiger partial charge on any atom is 0.407 e. The summed E-state index contributed by atoms with van der Waals surface area (Å²) in [6.45, 7) is 1.94. The number of fused-ring (bicyclic) bond motifs is 3. The van der Waals surface area contributed by atoms with Crippen molar-refractivity contribution < 1.29 is 32.6 Å². The topological polar surface area (TPSA) is 139 Å². The summed E-state index contributed by atoms with van der Waals surface area (Å²) in [5, 5.41) is 14.2. The molecule has 0 radical (unpaired) electrons. The molecule has 10 heteroatoms. The predicted molar refractivity (Wildman–Crippen MR) is 131 cm³/mol. The Kier molecular flexibility index (Phi) is 8.50. The first-order valence-corrected chi connectivity index (χ1v) is 13.4. The maximum absolute atomic E-state index is 12.3. The Morgan fingerprint density at radius 2 is 1.57 bits per heavy atom. The molecule has 0 saturated heterocycles. The molecule has 0 heterocycles. The number of alkyl carbamates (subject to hydrolysis) is 1. The highest BCUT2D eigenvalue weighted by Gasteiger charge is 2.29. The van der Waals surface area contributed by atoms with Crippen LogP contribution in [-0.2, 0) is 24.2 Å². The van der Waals surface area contributed by atoms with Crippen molar-refractivity contribution in [3.63, 3.8) is 0 Å². The molecule has 1 aliphatic rings. The van der Waals surface area contributed by atoms with Crippen molar-refractivity contribution in [2.45, 2.75) is 31.7 Å². The number of carboxylic acid groups (broad SMARTS) is 1. The van der Waals surface area contributed by atoms with Crippen LogP contribution in [0.1, 0.15) is 36.8 Å². The Morgan fingerprint density at radius 1 is 1.00 bits per heavy atom. The molecule has 0 spiro atoms. The molecular weight excluding hydrogens is 472 g/mol. The van der Waals surface area contributed by atoms with Crippen LogP contribution >= 0.6 is 0 Å². The molecule has 0 bridgehead atoms. The van der Waals surface area contributed by atoms with E-state index >= 15 is 0 Å². The number of hydrogen-bond donors (Lipinski definition) is 3. The number of sulfone groups is 1. The molecule has 9 nitrogen and oxygen atoms in total. The molecule has 35 heavy (non-hydrogen) atoms. The summed E-state index contributed by atoms with van der Waals surface area (Å²) in [5.74, 6) is -2.82. The zero-order valence-corrected chi connectivity index (χ0v) is 20.5. The summed E-state index contributed by atoms with van der Waals surface area (Å²) in [4.78, 5) is 35.9. The molecule has 2 unspecified atom stereocenters. The van der Waals surface area contributed by atoms with Gasteiger partial charge in [0.1, 0.15) is 22.5 Å². The van der Waals surface area contributed by atoms with Gasteiger partial charge in [0.15, 0.2) is 0 Å². The number of ether oxygens (including phenoxy) is 1. The van der Waals surface area contributed by atoms with Gasteiger partial charge in [-0.2, -0.15) is 0 Å². The van der Waals surface area contributed by atoms with Crippen LogP contribution in [0.15, 0.2) is 48.5 Å². The number of carboxylic acids is 1. The van der Waals surface area contributed by atoms with Gasteiger partial charge < -0.3 is 20.5 Å². The minimum absolute atomic E-state index is 0.0576. The lowest BCUT2D eigenvalue weighted by atomic mass is 9.98. The first-order chi connectivity index (χ1) is 16.6. The smallest absolute Gasteiger partial charge is 0.407 e. The summed E-state index contributed by atoms with van der Waals surface area (Å²) in [6.07, 6.45) is 0.445. The fourth-order valence-electron chi connectivity index (χ4n) is 4.07. The van der Waals surface area contributed by atoms with Gasteiger partial charge in [-0.1, -0.05) is 55.5 Å². The Morgan fingerprint density at radius 3 is 2.11 bits per heavy atom. The maximum atomic E-state index is 12.3. The molecule has 0 saturated carbocycles. The quantitative estimate of drug-likeness (QED) is 0.429. The molecule has 2 amide bonds. The van der Waals surface area contributed by atoms with Crippen molar-refractivity contribution in [2.24, 2.45) is 5.92 Å². The third-order valence-corrected chi connectivity index (χ3v) is 7.01. The lowest BCUT2D eigenvalue weighted by Crippen LogP contribution is -2.44. The average Bonchev–Trinajstić information content (AvgIpc) is 3.13. The van der Waals surface area contributed by atoms with Crippen LogP contribution in [0.5, 0.6) is 0 Å². The number of carbonyl (C=O) groups excluding carboxylic acids is 2. The van der Waals surface area contributed by atoms with Crippen LogP contribution in [0, 0.1) is 5.92 Å². The fraction of sp³-hybridized carbons (Fsp3) is 0.400. The molecule has 1 aliphatic carbocycles. The second-order valence-corrected chi connectivity index (χ2v) is 11.0. The number of nitrogens with one attached hydrogen (secondary N) is 2. The van der Waals surface area contributed by atoms with Crippen LogP contribution in [-0.4, -0.2) is 62.7 Å². The minimum atomic E-state index is -3.35. The molecule has 3 rings (SSSR count). The number of amides is 2. The van der Waals surface area contributed by atoms with Crippen LogP contribution in [0.4, 0.5) is 4.79 Å². The first kappa shape index (κ1) is 26.2. The van der Waals surface area contributed by atoms with E-state index in [1.54, 1.807) is 6.92 Å². The Hall–Kier alpha value is -3.40. The van der Waals surface area contributed by atoms with E-state index in [-0.39, 0.29) is 37.7 Å². The van der Waals surface area contributed by atoms with E-state index in [1.165, 1.54) is 0 Å². The Bertz CT molecular complexity index is 1150. The van der Waals surface area contributed by atoms with Crippen molar-refractivity contribution in [1.82, 2.24) is 10.6 Å². The highest BCUT2D eigenvalue weighted by Crippen LogP contribution is 2.44. The van der Waals surface area contributed by atoms with Crippen LogP contribution in [0.3, 0.4) is 0 Å². The third kappa shape index (κ3) is 7.05. The molecule has 0 aromatic heterocycles. The van der Waals surface area contributed by atoms with Gasteiger partial charge in [-0.3, -0.25) is 4.79 Å². The van der Waals surface area contributed by atoms with Gasteiger partial charge in [-0.15, -0.1) is 0 Å². The molecular formula is C25H30N2O7S. The second-order valence-electron chi connectivity index (χ2n) is 8.76. The summed E-state index contributed by atoms with van der Waals surface area (Å²) in [5.41, 5.74) is 4.48. The Balaban J connectivity index is 1.45. The van der Waals surface area contributed by atoms with Crippen molar-refractivity contribution in [2.75, 3.05) is 25.2 Å². The van der Waals surface area contributed by atoms with E-state index < -0.39 is 39.8 Å². The van der Waals surface area contributed by atoms with E-state index in [2.05, 4.69) is 22.8 Å². The fourth-order valence-corrected chi connectivity index (χ4v) is 4.74. The zero-order chi connectivity index (χ0) is 25.6. The monoisotopic (exact) mass is 502 g/mol. The van der Waals surface area contributed by atoms with Gasteiger partial charge in [0, 0.05) is 24.6 Å². The summed E-state index contributed by atoms with van der Waals surface area (Å²) < 4.78 is 28.0. The number of hydrogen-bond acceptors (Lipinski definition) is 6. The van der Waals surface area contributed by atoms with E-state index in [1.807, 2.05) is 36.4 Å². The molecule has 188 valence electrons. The molecule has 0 fully saturated rings. The highest BCUT2D eigenvalue weighted by molar-refractivity contribution is 7.90. The van der Waals surface area contributed by atoms with E-state index in [0.29, 0.717) is 0 Å². The van der Waals surface area contributed by atoms with E-state index in [4.69, 9.17) is 4.74 Å². The number of rotatable bonds is 11. The van der Waals surface area contributed by atoms with Gasteiger partial charge in [0.25, 0.3) is 0 Å². The normalized spacial score (nSPS) is 14.3. The predicted octanol–water partition coefficient (Wildman–Crippen LogP) is 2.56. The molecule has 2 aromatic rings. The van der Waals surface area contributed by atoms with E-state index in [9.17, 15) is 27.9 Å². The minimum Gasteiger partial charge on any atom is -0.480 e. The largest absolute Gasteiger partial charge is 0.480 e. The van der Waals surface area contributed by atoms with Gasteiger partial charge >= 0.3 is 12.1 Å². The second kappa shape index (κ2) is 11.4. The van der Waals surface area contributed by atoms with Crippen LogP contribution < -0.4 is 10.6 Å². The highest BCUT2D eigenvalue weighted by atomic mass is 32.2. The lowest BCUT2D eigenvalue weighted by Gasteiger charge is -2.18. The number of aliphatic carboxylic acids is 1. The molecule has 3 N–H and O–H groups in total. The van der Waals surface area contributed by atoms with Crippen LogP contribution in [0.2, 0.25) is 0 Å². The van der Waals surface area contributed by atoms with E-state index in [0.717, 1.165) is 28.5 Å². The van der Waals surface area contributed by atoms with Crippen LogP contribution in [0.25, 0.3) is 11.1 Å². The lowest BCUT2D eigenvalue weighted by molar-refractivity contribution is -0.142. The number of carbonyl (C=O) groups is 3. The molecule has 2 aromatic carbocycles. The first-order valence-electron chi connectivity index (χ1n) is 11.4. The van der Waals surface area contributed by atoms with Crippen molar-refractivity contribution in [1.29, 1.82) is 0 Å². The summed E-state index contributed by atoms with van der Waals surface area (Å²) >= 11 is 0. The SMILES string of the molecule is CC(CCNC(=O)OCC1c2ccccc2-c2ccccc21)C(=O)NC(CCS(C)(=O)=O)C(=O)O.